The third kappa shape index (κ3) is 12.6. The molecule has 0 aliphatic carbocycles. The van der Waals surface area contributed by atoms with E-state index in [1.165, 1.54) is 0 Å². The van der Waals surface area contributed by atoms with Crippen LogP contribution in [0, 0.1) is 0 Å². The fourth-order valence-electron chi connectivity index (χ4n) is 6.75. The number of hydrogen-bond acceptors (Lipinski definition) is 2. The first-order valence-corrected chi connectivity index (χ1v) is 27.9. The molecule has 0 bridgehead atoms. The van der Waals surface area contributed by atoms with E-state index in [9.17, 15) is 193 Å². The van der Waals surface area contributed by atoms with Crippen LogP contribution in [0.3, 0.4) is 0 Å². The maximum Gasteiger partial charge on any atom is 0.532 e. The topological polar surface area (TPSA) is 18.5 Å². The summed E-state index contributed by atoms with van der Waals surface area (Å²) in [4.78, 5) is 0. The van der Waals surface area contributed by atoms with Crippen molar-refractivity contribution in [3.63, 3.8) is 0 Å². The van der Waals surface area contributed by atoms with Gasteiger partial charge < -0.3 is 8.23 Å². The summed E-state index contributed by atoms with van der Waals surface area (Å²) < 4.78 is 1060. The zero-order valence-corrected chi connectivity index (χ0v) is 49.4. The molecule has 667 valence electrons. The minimum absolute atomic E-state index is 0.185. The van der Waals surface area contributed by atoms with Gasteiger partial charge in [0.15, 0.2) is 0 Å². The fraction of sp³-hybridized carbons (Fsp3) is 1.00. The van der Waals surface area contributed by atoms with Crippen LogP contribution < -0.4 is 0 Å². The molecule has 111 heavy (non-hydrogen) atoms. The molecule has 0 rings (SSSR count). The second kappa shape index (κ2) is 26.0. The lowest BCUT2D eigenvalue weighted by molar-refractivity contribution is -0.446. The Bertz CT molecular complexity index is 3040. The van der Waals surface area contributed by atoms with E-state index >= 15 is 127 Å². The molecule has 1 radical (unpaired) electrons. The third-order valence-corrected chi connectivity index (χ3v) is 23.8. The molecule has 0 N–H and O–H groups in total. The van der Waals surface area contributed by atoms with Crippen LogP contribution in [0.2, 0.25) is 0 Å². The summed E-state index contributed by atoms with van der Waals surface area (Å²) in [5.41, 5.74) is -78.7. The van der Waals surface area contributed by atoms with Gasteiger partial charge in [-0.1, -0.05) is 0 Å². The van der Waals surface area contributed by atoms with Crippen LogP contribution in [0.25, 0.3) is 0 Å². The first-order valence-electron chi connectivity index (χ1n) is 22.9. The van der Waals surface area contributed by atoms with Crippen LogP contribution in [0.15, 0.2) is 0 Å². The quantitative estimate of drug-likeness (QED) is 0.0391. The maximum atomic E-state index is 17.0. The fourth-order valence-corrected chi connectivity index (χ4v) is 17.9. The van der Waals surface area contributed by atoms with Crippen LogP contribution in [-0.4, -0.2) is 221 Å². The van der Waals surface area contributed by atoms with E-state index in [0.717, 1.165) is 0 Å². The second-order valence-corrected chi connectivity index (χ2v) is 28.8. The Labute approximate surface area is 550 Å². The highest BCUT2D eigenvalue weighted by Gasteiger charge is 3.11. The van der Waals surface area contributed by atoms with Crippen LogP contribution >= 0.6 is 0 Å². The molecule has 0 aliphatic rings. The largest absolute Gasteiger partial charge is 0.532 e. The minimum atomic E-state index is -17.6. The third-order valence-electron chi connectivity index (χ3n) is 13.3. The molecule has 0 saturated carbocycles. The van der Waals surface area contributed by atoms with Crippen molar-refractivity contribution in [2.45, 2.75) is 195 Å². The van der Waals surface area contributed by atoms with E-state index in [0.29, 0.717) is 0 Å². The summed E-state index contributed by atoms with van der Waals surface area (Å²) in [6.07, 6.45) is -59.5. The molecular weight excluding hydrogens is 1900 g/mol. The Morgan fingerprint density at radius 2 is 0.252 bits per heavy atom. The van der Waals surface area contributed by atoms with Gasteiger partial charge in [0.1, 0.15) is 0 Å². The van der Waals surface area contributed by atoms with E-state index in [-0.39, 0.29) is 8.23 Å². The molecule has 0 amide bonds. The first kappa shape index (κ1) is 106. The lowest BCUT2D eigenvalue weighted by atomic mass is 9.97. The van der Waals surface area contributed by atoms with Gasteiger partial charge in [-0.2, -0.15) is 290 Å². The van der Waals surface area contributed by atoms with Gasteiger partial charge in [-0.3, -0.25) is 4.11 Å². The van der Waals surface area contributed by atoms with Gasteiger partial charge in [0.25, 0.3) is 0 Å². The van der Waals surface area contributed by atoms with Gasteiger partial charge in [0, 0.05) is 0 Å². The summed E-state index contributed by atoms with van der Waals surface area (Å²) in [5.74, 6) is -243. The van der Waals surface area contributed by atoms with Gasteiger partial charge in [-0.05, 0) is 0 Å². The number of alkyl halides is 72. The highest BCUT2D eigenvalue weighted by molar-refractivity contribution is 6.88. The van der Waals surface area contributed by atoms with Crippen LogP contribution in [0.4, 0.5) is 320 Å². The molecule has 0 unspecified atom stereocenters. The lowest BCUT2D eigenvalue weighted by Gasteiger charge is -2.55. The molecule has 0 atom stereocenters. The molecule has 78 heteroatoms. The van der Waals surface area contributed by atoms with E-state index in [1.54, 1.807) is 0 Å². The maximum absolute atomic E-state index is 17.6. The molecule has 0 aromatic heterocycles. The predicted octanol–water partition coefficient (Wildman–Crippen LogP) is 22.6. The van der Waals surface area contributed by atoms with Crippen molar-refractivity contribution in [1.82, 2.24) is 0 Å². The number of rotatable bonds is 31. The van der Waals surface area contributed by atoms with Crippen molar-refractivity contribution in [2.24, 2.45) is 0 Å². The van der Waals surface area contributed by atoms with Crippen molar-refractivity contribution in [2.75, 3.05) is 0 Å². The molecule has 0 heterocycles. The standard InChI is InChI=1S/C33F73O2Si3/c34-1(35,11(54,55)22(76,77)78)6(44,45)16(64,65)29(96,97)110(30(98,99)17(66,67)7(46,47)2(36,37)12(56,57)23(79,80)81,31(100,101)18(68,69)8(48,49)3(38,39)13(58,59)24(82,83)84)107-109(28(94,95)21(74,75)27(91,92)93)108-111(106,32(102,103)19(70,71)9(50,51)4(40,41)14(60,61)25(85,86)87)33(104,105)20(72,73)10(52,53)5(42,43)15(62,63)26(88,89)90. The zero-order valence-electron chi connectivity index (χ0n) is 46.4. The van der Waals surface area contributed by atoms with Gasteiger partial charge in [-0.15, -0.1) is 0 Å². The average Bonchev–Trinajstić information content (AvgIpc) is 0.650. The van der Waals surface area contributed by atoms with Crippen LogP contribution in [0.1, 0.15) is 0 Å². The Hall–Kier alpha value is -4.54. The SMILES string of the molecule is FC(F)(F)C(F)(F)C(F)(F)[Si](O[Si](F)(C(F)(F)C(F)(F)C(F)(F)C(F)(F)C(F)(F)C(F)(F)F)C(F)(F)C(F)(F)C(F)(F)C(F)(F)C(F)(F)C(F)(F)F)O[Si](C(F)(F)C(F)(F)C(F)(F)C(F)(F)C(F)(F)C(F)(F)F)(C(F)(F)C(F)(F)C(F)(F)C(F)(F)C(F)(F)C(F)(F)F)C(F)(F)C(F)(F)C(F)(F)C(F)(F)C(F)(F)C(F)(F)F. The van der Waals surface area contributed by atoms with E-state index in [1.807, 2.05) is 0 Å². The molecule has 0 aromatic carbocycles. The molecule has 2 nitrogen and oxygen atoms in total. The van der Waals surface area contributed by atoms with E-state index in [4.69, 9.17) is 0 Å². The smallest absolute Gasteiger partial charge is 0.419 e. The van der Waals surface area contributed by atoms with Gasteiger partial charge in [0.05, 0.1) is 0 Å². The molecule has 0 aliphatic heterocycles. The van der Waals surface area contributed by atoms with Crippen molar-refractivity contribution in [3.8, 4) is 0 Å². The minimum Gasteiger partial charge on any atom is -0.419 e. The second-order valence-electron chi connectivity index (χ2n) is 20.3. The Morgan fingerprint density at radius 1 is 0.135 bits per heavy atom. The molecule has 0 fully saturated rings. The first-order chi connectivity index (χ1) is 46.3. The predicted molar refractivity (Wildman–Crippen MR) is 190 cm³/mol. The average molecular weight is 1900 g/mol. The summed E-state index contributed by atoms with van der Waals surface area (Å²) >= 11 is 0. The van der Waals surface area contributed by atoms with Gasteiger partial charge in [0.2, 0.25) is 0 Å². The normalized spacial score (nSPS) is 17.6. The lowest BCUT2D eigenvalue weighted by Crippen LogP contribution is -2.93. The highest BCUT2D eigenvalue weighted by Crippen LogP contribution is 2.75. The van der Waals surface area contributed by atoms with E-state index < -0.39 is 221 Å². The number of hydrogen-bond donors (Lipinski definition) is 0. The molecule has 0 spiro atoms. The molecular formula is C33F73O2Si3. The highest BCUT2D eigenvalue weighted by atomic mass is 28.5. The van der Waals surface area contributed by atoms with Gasteiger partial charge >= 0.3 is 221 Å². The Morgan fingerprint density at radius 3 is 0.378 bits per heavy atom. The monoisotopic (exact) mass is 1900 g/mol. The zero-order chi connectivity index (χ0) is 92.5. The molecule has 0 saturated heterocycles. The van der Waals surface area contributed by atoms with Crippen LogP contribution in [0.5, 0.6) is 0 Å². The van der Waals surface area contributed by atoms with Crippen molar-refractivity contribution < 1.29 is 328 Å². The van der Waals surface area contributed by atoms with Gasteiger partial charge in [-0.25, -0.2) is 26.3 Å². The summed E-state index contributed by atoms with van der Waals surface area (Å²) in [7, 11) is -47.4. The van der Waals surface area contributed by atoms with Crippen molar-refractivity contribution >= 4 is 26.3 Å². The summed E-state index contributed by atoms with van der Waals surface area (Å²) in [6, 6.07) is 0. The van der Waals surface area contributed by atoms with E-state index in [2.05, 4.69) is 0 Å². The molecule has 0 aromatic rings. The summed E-state index contributed by atoms with van der Waals surface area (Å²) in [6.45, 7) is 0. The number of halogens is 73. The van der Waals surface area contributed by atoms with Crippen molar-refractivity contribution in [3.05, 3.63) is 0 Å². The Kier molecular flexibility index (Phi) is 24.9. The summed E-state index contributed by atoms with van der Waals surface area (Å²) in [5, 5.41) is 0. The van der Waals surface area contributed by atoms with Crippen molar-refractivity contribution in [1.29, 1.82) is 0 Å². The van der Waals surface area contributed by atoms with Crippen LogP contribution in [-0.2, 0) is 8.23 Å². The Balaban J connectivity index is 13.1.